The molecule has 0 radical (unpaired) electrons. The Balaban J connectivity index is 1.61. The minimum atomic E-state index is -0.540. The molecule has 2 aliphatic heterocycles. The molecule has 3 heterocycles. The third-order valence-electron chi connectivity index (χ3n) is 5.15. The highest BCUT2D eigenvalue weighted by Gasteiger charge is 2.35. The van der Waals surface area contributed by atoms with Gasteiger partial charge in [-0.2, -0.15) is 4.98 Å². The SMILES string of the molecule is Cc1nc(C2CCCN2C(=O)NC(C)C(=O)N2CCCCC2C)no1. The van der Waals surface area contributed by atoms with Crippen LogP contribution in [0.4, 0.5) is 4.79 Å². The molecule has 0 bridgehead atoms. The molecule has 0 aliphatic carbocycles. The molecule has 8 heteroatoms. The predicted octanol–water partition coefficient (Wildman–Crippen LogP) is 2.01. The number of aryl methyl sites for hydroxylation is 1. The van der Waals surface area contributed by atoms with Gasteiger partial charge < -0.3 is 19.6 Å². The maximum Gasteiger partial charge on any atom is 0.318 e. The Kier molecular flexibility index (Phi) is 5.24. The van der Waals surface area contributed by atoms with E-state index < -0.39 is 6.04 Å². The quantitative estimate of drug-likeness (QED) is 0.901. The molecule has 0 saturated carbocycles. The number of carbonyl (C=O) groups is 2. The molecule has 0 aromatic carbocycles. The van der Waals surface area contributed by atoms with Gasteiger partial charge in [-0.05, 0) is 46.0 Å². The van der Waals surface area contributed by atoms with Crippen LogP contribution in [0.1, 0.15) is 63.7 Å². The van der Waals surface area contributed by atoms with Crippen molar-refractivity contribution in [2.45, 2.75) is 71.0 Å². The van der Waals surface area contributed by atoms with Crippen molar-refractivity contribution >= 4 is 11.9 Å². The first-order valence-corrected chi connectivity index (χ1v) is 9.15. The number of aromatic nitrogens is 2. The van der Waals surface area contributed by atoms with E-state index in [1.54, 1.807) is 18.7 Å². The molecule has 3 rings (SSSR count). The second-order valence-electron chi connectivity index (χ2n) is 7.07. The number of urea groups is 1. The number of amides is 3. The van der Waals surface area contributed by atoms with Crippen molar-refractivity contribution in [1.82, 2.24) is 25.3 Å². The highest BCUT2D eigenvalue weighted by molar-refractivity contribution is 5.87. The molecular formula is C17H27N5O3. The number of likely N-dealkylation sites (tertiary alicyclic amines) is 2. The molecule has 3 unspecified atom stereocenters. The molecule has 3 atom stereocenters. The summed E-state index contributed by atoms with van der Waals surface area (Å²) in [6.45, 7) is 6.96. The number of nitrogens with one attached hydrogen (secondary N) is 1. The van der Waals surface area contributed by atoms with Crippen LogP contribution in [0.2, 0.25) is 0 Å². The second-order valence-corrected chi connectivity index (χ2v) is 7.07. The van der Waals surface area contributed by atoms with E-state index in [0.717, 1.165) is 38.6 Å². The van der Waals surface area contributed by atoms with Crippen LogP contribution in [0.3, 0.4) is 0 Å². The Labute approximate surface area is 147 Å². The van der Waals surface area contributed by atoms with E-state index in [-0.39, 0.29) is 24.0 Å². The molecular weight excluding hydrogens is 322 g/mol. The maximum atomic E-state index is 12.7. The van der Waals surface area contributed by atoms with E-state index >= 15 is 0 Å². The second kappa shape index (κ2) is 7.41. The van der Waals surface area contributed by atoms with Gasteiger partial charge in [0.1, 0.15) is 6.04 Å². The minimum Gasteiger partial charge on any atom is -0.340 e. The summed E-state index contributed by atoms with van der Waals surface area (Å²) in [6.07, 6.45) is 4.90. The first-order valence-electron chi connectivity index (χ1n) is 9.15. The Bertz CT molecular complexity index is 632. The van der Waals surface area contributed by atoms with Crippen LogP contribution in [0.5, 0.6) is 0 Å². The summed E-state index contributed by atoms with van der Waals surface area (Å²) in [6, 6.07) is -0.729. The zero-order valence-corrected chi connectivity index (χ0v) is 15.2. The molecule has 2 aliphatic rings. The average Bonchev–Trinajstić information content (AvgIpc) is 3.23. The topological polar surface area (TPSA) is 91.6 Å². The van der Waals surface area contributed by atoms with Gasteiger partial charge in [-0.15, -0.1) is 0 Å². The fourth-order valence-electron chi connectivity index (χ4n) is 3.73. The van der Waals surface area contributed by atoms with Crippen molar-refractivity contribution < 1.29 is 14.1 Å². The Morgan fingerprint density at radius 3 is 2.64 bits per heavy atom. The number of hydrogen-bond acceptors (Lipinski definition) is 5. The minimum absolute atomic E-state index is 0.00768. The van der Waals surface area contributed by atoms with Gasteiger partial charge in [-0.25, -0.2) is 4.79 Å². The van der Waals surface area contributed by atoms with Gasteiger partial charge in [0.2, 0.25) is 11.8 Å². The van der Waals surface area contributed by atoms with Crippen LogP contribution in [0.25, 0.3) is 0 Å². The highest BCUT2D eigenvalue weighted by atomic mass is 16.5. The fraction of sp³-hybridized carbons (Fsp3) is 0.765. The van der Waals surface area contributed by atoms with Gasteiger partial charge in [0.15, 0.2) is 5.82 Å². The van der Waals surface area contributed by atoms with Gasteiger partial charge >= 0.3 is 6.03 Å². The van der Waals surface area contributed by atoms with Crippen molar-refractivity contribution in [2.24, 2.45) is 0 Å². The first-order chi connectivity index (χ1) is 12.0. The fourth-order valence-corrected chi connectivity index (χ4v) is 3.73. The van der Waals surface area contributed by atoms with Gasteiger partial charge in [-0.1, -0.05) is 5.16 Å². The molecule has 1 aromatic rings. The predicted molar refractivity (Wildman–Crippen MR) is 90.7 cm³/mol. The lowest BCUT2D eigenvalue weighted by atomic mass is 10.0. The number of piperidine rings is 1. The molecule has 2 saturated heterocycles. The van der Waals surface area contributed by atoms with E-state index in [0.29, 0.717) is 18.3 Å². The van der Waals surface area contributed by atoms with Gasteiger partial charge in [0.05, 0.1) is 6.04 Å². The number of hydrogen-bond donors (Lipinski definition) is 1. The third-order valence-corrected chi connectivity index (χ3v) is 5.15. The summed E-state index contributed by atoms with van der Waals surface area (Å²) in [4.78, 5) is 33.2. The summed E-state index contributed by atoms with van der Waals surface area (Å²) in [5.74, 6) is 1.02. The molecule has 3 amide bonds. The lowest BCUT2D eigenvalue weighted by Crippen LogP contribution is -2.53. The van der Waals surface area contributed by atoms with Crippen LogP contribution in [0, 0.1) is 6.92 Å². The zero-order valence-electron chi connectivity index (χ0n) is 15.2. The smallest absolute Gasteiger partial charge is 0.318 e. The zero-order chi connectivity index (χ0) is 18.0. The largest absolute Gasteiger partial charge is 0.340 e. The molecule has 0 spiro atoms. The van der Waals surface area contributed by atoms with Crippen molar-refractivity contribution in [3.63, 3.8) is 0 Å². The first kappa shape index (κ1) is 17.7. The maximum absolute atomic E-state index is 12.7. The molecule has 25 heavy (non-hydrogen) atoms. The summed E-state index contributed by atoms with van der Waals surface area (Å²) < 4.78 is 5.04. The standard InChI is InChI=1S/C17H27N5O3/c1-11-7-4-5-9-21(11)16(23)12(2)18-17(24)22-10-6-8-14(22)15-19-13(3)25-20-15/h11-12,14H,4-10H2,1-3H3,(H,18,24). The molecule has 1 aromatic heterocycles. The Morgan fingerprint density at radius 2 is 1.96 bits per heavy atom. The normalized spacial score (nSPS) is 25.1. The highest BCUT2D eigenvalue weighted by Crippen LogP contribution is 2.30. The van der Waals surface area contributed by atoms with Crippen LogP contribution >= 0.6 is 0 Å². The lowest BCUT2D eigenvalue weighted by molar-refractivity contribution is -0.136. The molecule has 1 N–H and O–H groups in total. The van der Waals surface area contributed by atoms with Crippen molar-refractivity contribution in [3.05, 3.63) is 11.7 Å². The van der Waals surface area contributed by atoms with Crippen LogP contribution < -0.4 is 5.32 Å². The van der Waals surface area contributed by atoms with Crippen LogP contribution in [-0.4, -0.2) is 57.1 Å². The molecule has 8 nitrogen and oxygen atoms in total. The monoisotopic (exact) mass is 349 g/mol. The van der Waals surface area contributed by atoms with Crippen molar-refractivity contribution in [3.8, 4) is 0 Å². The summed E-state index contributed by atoms with van der Waals surface area (Å²) in [7, 11) is 0. The van der Waals surface area contributed by atoms with Crippen molar-refractivity contribution in [1.29, 1.82) is 0 Å². The van der Waals surface area contributed by atoms with Crippen molar-refractivity contribution in [2.75, 3.05) is 13.1 Å². The van der Waals surface area contributed by atoms with Gasteiger partial charge in [-0.3, -0.25) is 4.79 Å². The average molecular weight is 349 g/mol. The number of carbonyl (C=O) groups excluding carboxylic acids is 2. The summed E-state index contributed by atoms with van der Waals surface area (Å²) >= 11 is 0. The van der Waals surface area contributed by atoms with E-state index in [1.807, 2.05) is 4.90 Å². The van der Waals surface area contributed by atoms with E-state index in [4.69, 9.17) is 4.52 Å². The third kappa shape index (κ3) is 3.77. The van der Waals surface area contributed by atoms with E-state index in [1.165, 1.54) is 0 Å². The molecule has 2 fully saturated rings. The number of rotatable bonds is 3. The Morgan fingerprint density at radius 1 is 1.20 bits per heavy atom. The van der Waals surface area contributed by atoms with E-state index in [9.17, 15) is 9.59 Å². The van der Waals surface area contributed by atoms with Crippen LogP contribution in [0.15, 0.2) is 4.52 Å². The summed E-state index contributed by atoms with van der Waals surface area (Å²) in [5.41, 5.74) is 0. The summed E-state index contributed by atoms with van der Waals surface area (Å²) in [5, 5.41) is 6.80. The van der Waals surface area contributed by atoms with Gasteiger partial charge in [0, 0.05) is 26.1 Å². The van der Waals surface area contributed by atoms with Crippen LogP contribution in [-0.2, 0) is 4.79 Å². The van der Waals surface area contributed by atoms with Gasteiger partial charge in [0.25, 0.3) is 0 Å². The van der Waals surface area contributed by atoms with E-state index in [2.05, 4.69) is 22.4 Å². The molecule has 138 valence electrons. The Hall–Kier alpha value is -2.12. The number of nitrogens with zero attached hydrogens (tertiary/aromatic N) is 4. The lowest BCUT2D eigenvalue weighted by Gasteiger charge is -2.35.